The van der Waals surface area contributed by atoms with Crippen LogP contribution >= 0.6 is 22.7 Å². The summed E-state index contributed by atoms with van der Waals surface area (Å²) in [4.78, 5) is 39.5. The van der Waals surface area contributed by atoms with E-state index in [1.807, 2.05) is 0 Å². The zero-order chi connectivity index (χ0) is 26.8. The summed E-state index contributed by atoms with van der Waals surface area (Å²) in [5.74, 6) is -2.25. The Morgan fingerprint density at radius 3 is 2.58 bits per heavy atom. The molecule has 1 saturated heterocycles. The number of nitrogen functional groups attached to an aromatic ring is 2. The number of oxime groups is 1. The second kappa shape index (κ2) is 10.4. The summed E-state index contributed by atoms with van der Waals surface area (Å²) in [7, 11) is -4.92. The maximum Gasteiger partial charge on any atom is 0.418 e. The van der Waals surface area contributed by atoms with Gasteiger partial charge in [-0.1, -0.05) is 5.16 Å². The van der Waals surface area contributed by atoms with E-state index in [0.717, 1.165) is 16.2 Å². The molecule has 0 aromatic carbocycles. The van der Waals surface area contributed by atoms with Crippen LogP contribution in [0, 0.1) is 18.3 Å². The van der Waals surface area contributed by atoms with Gasteiger partial charge in [0.25, 0.3) is 5.91 Å². The smallest absolute Gasteiger partial charge is 0.418 e. The first-order chi connectivity index (χ1) is 16.7. The number of ketones is 1. The third-order valence-corrected chi connectivity index (χ3v) is 7.01. The first-order valence-corrected chi connectivity index (χ1v) is 13.2. The van der Waals surface area contributed by atoms with Gasteiger partial charge in [0.1, 0.15) is 12.3 Å². The van der Waals surface area contributed by atoms with Crippen molar-refractivity contribution < 1.29 is 36.4 Å². The molecule has 18 heteroatoms. The molecular formula is C18H23N7O8S3. The van der Waals surface area contributed by atoms with Crippen molar-refractivity contribution in [1.29, 1.82) is 5.41 Å². The molecule has 0 aliphatic carbocycles. The second-order valence-electron chi connectivity index (χ2n) is 7.96. The van der Waals surface area contributed by atoms with Gasteiger partial charge in [-0.15, -0.1) is 27.0 Å². The highest BCUT2D eigenvalue weighted by Gasteiger charge is 2.57. The standard InChI is InChI=1S/C18H23N7O8S3/c1-8-14(23-15(35-8)13(19)20)31-4-5-32-24-12(10-7-34-17(21)22-10)11(26)6-9-16(27)25(18(9,2)3)33-36(28,29)30/h7,9H,4-6H2,1-3H3,(H3,19,20)(H2,21,22)(H,28,29,30)/b24-12-/t9-/m1/s1. The average molecular weight is 562 g/mol. The summed E-state index contributed by atoms with van der Waals surface area (Å²) < 4.78 is 40.7. The lowest BCUT2D eigenvalue weighted by Gasteiger charge is -2.50. The van der Waals surface area contributed by atoms with Gasteiger partial charge in [-0.2, -0.15) is 18.5 Å². The number of anilines is 1. The summed E-state index contributed by atoms with van der Waals surface area (Å²) in [6.07, 6.45) is -0.362. The number of ether oxygens (including phenoxy) is 1. The predicted molar refractivity (Wildman–Crippen MR) is 129 cm³/mol. The lowest BCUT2D eigenvalue weighted by atomic mass is 9.74. The molecule has 1 amide bonds. The average Bonchev–Trinajstić information content (AvgIpc) is 3.37. The van der Waals surface area contributed by atoms with Gasteiger partial charge < -0.3 is 21.0 Å². The van der Waals surface area contributed by atoms with Crippen LogP contribution in [0.4, 0.5) is 5.13 Å². The minimum absolute atomic E-state index is 0.0160. The lowest BCUT2D eigenvalue weighted by molar-refractivity contribution is -0.228. The van der Waals surface area contributed by atoms with E-state index in [0.29, 0.717) is 16.0 Å². The van der Waals surface area contributed by atoms with Gasteiger partial charge in [0.2, 0.25) is 5.88 Å². The highest BCUT2D eigenvalue weighted by molar-refractivity contribution is 7.80. The molecule has 15 nitrogen and oxygen atoms in total. The monoisotopic (exact) mass is 561 g/mol. The van der Waals surface area contributed by atoms with E-state index < -0.39 is 33.5 Å². The van der Waals surface area contributed by atoms with Crippen LogP contribution in [0.2, 0.25) is 0 Å². The van der Waals surface area contributed by atoms with Crippen molar-refractivity contribution in [2.45, 2.75) is 32.7 Å². The Morgan fingerprint density at radius 2 is 2.06 bits per heavy atom. The zero-order valence-corrected chi connectivity index (χ0v) is 21.7. The molecule has 3 rings (SSSR count). The molecule has 196 valence electrons. The summed E-state index contributed by atoms with van der Waals surface area (Å²) >= 11 is 2.28. The molecule has 0 bridgehead atoms. The molecule has 1 aliphatic heterocycles. The Balaban J connectivity index is 1.66. The third-order valence-electron chi connectivity index (χ3n) is 5.02. The number of β-lactam (4-membered cyclic amide) rings is 1. The van der Waals surface area contributed by atoms with Crippen LogP contribution in [0.1, 0.15) is 35.8 Å². The fourth-order valence-electron chi connectivity index (χ4n) is 3.20. The van der Waals surface area contributed by atoms with E-state index >= 15 is 0 Å². The Bertz CT molecular complexity index is 1320. The maximum absolute atomic E-state index is 13.0. The molecule has 1 fully saturated rings. The van der Waals surface area contributed by atoms with Crippen molar-refractivity contribution in [2.75, 3.05) is 18.9 Å². The Hall–Kier alpha value is -3.19. The van der Waals surface area contributed by atoms with Gasteiger partial charge in [-0.25, -0.2) is 4.98 Å². The van der Waals surface area contributed by atoms with E-state index in [-0.39, 0.29) is 42.0 Å². The minimum atomic E-state index is -4.92. The van der Waals surface area contributed by atoms with Crippen LogP contribution in [-0.4, -0.2) is 70.0 Å². The van der Waals surface area contributed by atoms with Crippen LogP contribution in [0.5, 0.6) is 5.88 Å². The van der Waals surface area contributed by atoms with Crippen molar-refractivity contribution in [1.82, 2.24) is 15.0 Å². The van der Waals surface area contributed by atoms with E-state index in [2.05, 4.69) is 19.4 Å². The van der Waals surface area contributed by atoms with E-state index in [9.17, 15) is 18.0 Å². The molecular weight excluding hydrogens is 538 g/mol. The van der Waals surface area contributed by atoms with Crippen molar-refractivity contribution in [3.05, 3.63) is 21.0 Å². The topological polar surface area (TPSA) is 233 Å². The highest BCUT2D eigenvalue weighted by Crippen LogP contribution is 2.40. The van der Waals surface area contributed by atoms with Crippen molar-refractivity contribution >= 4 is 61.4 Å². The molecule has 1 aliphatic rings. The van der Waals surface area contributed by atoms with Crippen LogP contribution in [-0.2, 0) is 29.1 Å². The lowest BCUT2D eigenvalue weighted by Crippen LogP contribution is -2.68. The van der Waals surface area contributed by atoms with Gasteiger partial charge in [-0.3, -0.25) is 19.6 Å². The summed E-state index contributed by atoms with van der Waals surface area (Å²) in [5, 5.41) is 13.8. The number of rotatable bonds is 12. The SMILES string of the molecule is Cc1sc(C(=N)N)nc1OCCO/N=C(\C(=O)C[C@@H]1C(=O)N(OS(=O)(=O)O)C1(C)C)c1csc(N)n1. The van der Waals surface area contributed by atoms with Gasteiger partial charge in [-0.05, 0) is 20.8 Å². The van der Waals surface area contributed by atoms with E-state index in [4.69, 9.17) is 31.0 Å². The van der Waals surface area contributed by atoms with Gasteiger partial charge in [0.05, 0.1) is 16.3 Å². The molecule has 2 aromatic heterocycles. The summed E-state index contributed by atoms with van der Waals surface area (Å²) in [6, 6.07) is 0. The number of carbonyl (C=O) groups is 2. The van der Waals surface area contributed by atoms with Crippen LogP contribution < -0.4 is 16.2 Å². The number of nitrogens with two attached hydrogens (primary N) is 2. The summed E-state index contributed by atoms with van der Waals surface area (Å²) in [6.45, 7) is 4.64. The molecule has 0 unspecified atom stereocenters. The number of hydroxylamine groups is 2. The molecule has 0 saturated carbocycles. The minimum Gasteiger partial charge on any atom is -0.473 e. The van der Waals surface area contributed by atoms with Crippen LogP contribution in [0.25, 0.3) is 0 Å². The molecule has 36 heavy (non-hydrogen) atoms. The number of hydrogen-bond acceptors (Lipinski definition) is 14. The Morgan fingerprint density at radius 1 is 1.36 bits per heavy atom. The largest absolute Gasteiger partial charge is 0.473 e. The summed E-state index contributed by atoms with van der Waals surface area (Å²) in [5.41, 5.74) is 9.82. The number of carbonyl (C=O) groups excluding carboxylic acids is 2. The first kappa shape index (κ1) is 27.4. The number of amides is 1. The predicted octanol–water partition coefficient (Wildman–Crippen LogP) is 0.505. The number of aromatic nitrogens is 2. The fraction of sp³-hybridized carbons (Fsp3) is 0.444. The number of amidine groups is 1. The molecule has 1 atom stereocenters. The fourth-order valence-corrected chi connectivity index (χ4v) is 4.93. The first-order valence-electron chi connectivity index (χ1n) is 10.1. The highest BCUT2D eigenvalue weighted by atomic mass is 32.3. The maximum atomic E-state index is 13.0. The van der Waals surface area contributed by atoms with E-state index in [1.165, 1.54) is 30.6 Å². The van der Waals surface area contributed by atoms with Crippen molar-refractivity contribution in [2.24, 2.45) is 16.8 Å². The number of nitrogens with one attached hydrogen (secondary N) is 1. The van der Waals surface area contributed by atoms with Crippen LogP contribution in [0.15, 0.2) is 10.5 Å². The molecule has 0 radical (unpaired) electrons. The van der Waals surface area contributed by atoms with Gasteiger partial charge in [0.15, 0.2) is 34.1 Å². The number of Topliss-reactive ketones (excluding diaryl/α,β-unsaturated/α-hetero) is 1. The number of nitrogens with zero attached hydrogens (tertiary/aromatic N) is 4. The molecule has 2 aromatic rings. The van der Waals surface area contributed by atoms with E-state index in [1.54, 1.807) is 6.92 Å². The van der Waals surface area contributed by atoms with Crippen LogP contribution in [0.3, 0.4) is 0 Å². The van der Waals surface area contributed by atoms with Gasteiger partial charge >= 0.3 is 10.4 Å². The third kappa shape index (κ3) is 6.13. The Labute approximate surface area is 213 Å². The number of aryl methyl sites for hydroxylation is 1. The second-order valence-corrected chi connectivity index (χ2v) is 11.1. The quantitative estimate of drug-likeness (QED) is 0.0692. The normalized spacial score (nSPS) is 17.6. The van der Waals surface area contributed by atoms with Crippen molar-refractivity contribution in [3.8, 4) is 5.88 Å². The molecule has 0 spiro atoms. The Kier molecular flexibility index (Phi) is 7.94. The number of hydrogen-bond donors (Lipinski definition) is 4. The van der Waals surface area contributed by atoms with Crippen molar-refractivity contribution in [3.63, 3.8) is 0 Å². The van der Waals surface area contributed by atoms with Gasteiger partial charge in [0, 0.05) is 11.8 Å². The molecule has 6 N–H and O–H groups in total. The number of thiazole rings is 2. The zero-order valence-electron chi connectivity index (χ0n) is 19.2. The molecule has 3 heterocycles.